The molecule has 1 aromatic carbocycles. The number of nitrogens with two attached hydrogens (primary N) is 2. The molecular weight excluding hydrogens is 349 g/mol. The van der Waals surface area contributed by atoms with Gasteiger partial charge in [0.05, 0.1) is 6.26 Å². The minimum atomic E-state index is -0.285. The number of benzene rings is 1. The van der Waals surface area contributed by atoms with Crippen LogP contribution in [0.15, 0.2) is 47.1 Å². The summed E-state index contributed by atoms with van der Waals surface area (Å²) in [6.45, 7) is 0.603. The first kappa shape index (κ1) is 16.8. The number of nitrogens with one attached hydrogen (secondary N) is 1. The van der Waals surface area contributed by atoms with Crippen molar-refractivity contribution in [2.75, 3.05) is 23.3 Å². The van der Waals surface area contributed by atoms with Crippen molar-refractivity contribution < 1.29 is 8.81 Å². The van der Waals surface area contributed by atoms with Gasteiger partial charge in [-0.05, 0) is 42.7 Å². The van der Waals surface area contributed by atoms with Gasteiger partial charge < -0.3 is 21.2 Å². The monoisotopic (exact) mass is 367 g/mol. The Morgan fingerprint density at radius 3 is 2.81 bits per heavy atom. The first-order valence-corrected chi connectivity index (χ1v) is 8.45. The number of aromatic nitrogens is 4. The summed E-state index contributed by atoms with van der Waals surface area (Å²) < 4.78 is 20.5. The molecule has 0 unspecified atom stereocenters. The number of nitrogens with zero attached hydrogens (tertiary/aromatic N) is 4. The lowest BCUT2D eigenvalue weighted by Gasteiger charge is -2.08. The van der Waals surface area contributed by atoms with Gasteiger partial charge in [0.1, 0.15) is 17.5 Å². The molecule has 0 aliphatic heterocycles. The van der Waals surface area contributed by atoms with Crippen molar-refractivity contribution in [2.45, 2.75) is 12.8 Å². The van der Waals surface area contributed by atoms with Gasteiger partial charge in [-0.15, -0.1) is 5.10 Å². The van der Waals surface area contributed by atoms with Crippen molar-refractivity contribution in [2.24, 2.45) is 0 Å². The molecule has 0 amide bonds. The highest BCUT2D eigenvalue weighted by atomic mass is 19.1. The fourth-order valence-corrected chi connectivity index (χ4v) is 2.75. The summed E-state index contributed by atoms with van der Waals surface area (Å²) in [5.41, 5.74) is 12.7. The number of nitrogen functional groups attached to an aromatic ring is 2. The van der Waals surface area contributed by atoms with Gasteiger partial charge in [-0.25, -0.2) is 4.39 Å². The summed E-state index contributed by atoms with van der Waals surface area (Å²) in [6.07, 6.45) is 2.86. The van der Waals surface area contributed by atoms with E-state index in [0.717, 1.165) is 6.42 Å². The summed E-state index contributed by atoms with van der Waals surface area (Å²) in [5, 5.41) is 7.47. The maximum atomic E-state index is 13.8. The molecule has 0 spiro atoms. The molecule has 0 atom stereocenters. The molecule has 0 saturated carbocycles. The van der Waals surface area contributed by atoms with Crippen LogP contribution in [0.2, 0.25) is 0 Å². The molecular formula is C18H18FN7O. The van der Waals surface area contributed by atoms with E-state index < -0.39 is 0 Å². The van der Waals surface area contributed by atoms with E-state index in [4.69, 9.17) is 15.9 Å². The van der Waals surface area contributed by atoms with Crippen LogP contribution in [0.3, 0.4) is 0 Å². The van der Waals surface area contributed by atoms with E-state index in [-0.39, 0.29) is 5.82 Å². The van der Waals surface area contributed by atoms with Crippen LogP contribution in [0.25, 0.3) is 17.4 Å². The third kappa shape index (κ3) is 3.52. The van der Waals surface area contributed by atoms with E-state index in [1.807, 2.05) is 0 Å². The van der Waals surface area contributed by atoms with Crippen LogP contribution < -0.4 is 16.8 Å². The Labute approximate surface area is 154 Å². The number of halogens is 1. The summed E-state index contributed by atoms with van der Waals surface area (Å²) in [4.78, 5) is 8.74. The van der Waals surface area contributed by atoms with Gasteiger partial charge in [-0.1, -0.05) is 6.07 Å². The second-order valence-electron chi connectivity index (χ2n) is 6.07. The van der Waals surface area contributed by atoms with Crippen LogP contribution in [0.1, 0.15) is 12.0 Å². The van der Waals surface area contributed by atoms with Crippen LogP contribution in [-0.2, 0) is 6.42 Å². The van der Waals surface area contributed by atoms with Crippen LogP contribution in [0.4, 0.5) is 21.7 Å². The third-order valence-corrected chi connectivity index (χ3v) is 4.09. The average Bonchev–Trinajstić information content (AvgIpc) is 3.29. The zero-order chi connectivity index (χ0) is 18.8. The number of hydrogen-bond acceptors (Lipinski definition) is 7. The molecule has 4 rings (SSSR count). The molecule has 8 nitrogen and oxygen atoms in total. The largest absolute Gasteiger partial charge is 0.461 e. The minimum absolute atomic E-state index is 0.285. The lowest BCUT2D eigenvalue weighted by molar-refractivity contribution is 0.577. The van der Waals surface area contributed by atoms with E-state index in [1.54, 1.807) is 36.6 Å². The standard InChI is InChI=1S/C18H18FN7O/c19-13-9-12(20)6-5-11(13)3-1-7-22-16-10-15(21)26-18(23-16)24-17(25-26)14-4-2-8-27-14/h2,4-6,8-10H,1,3,7,20-21H2,(H,22,23,24,25). The van der Waals surface area contributed by atoms with E-state index in [9.17, 15) is 4.39 Å². The fourth-order valence-electron chi connectivity index (χ4n) is 2.75. The highest BCUT2D eigenvalue weighted by molar-refractivity contribution is 5.56. The first-order valence-electron chi connectivity index (χ1n) is 8.45. The number of fused-ring (bicyclic) bond motifs is 1. The quantitative estimate of drug-likeness (QED) is 0.354. The van der Waals surface area contributed by atoms with Crippen LogP contribution in [-0.4, -0.2) is 26.1 Å². The predicted molar refractivity (Wildman–Crippen MR) is 101 cm³/mol. The Balaban J connectivity index is 1.43. The lowest BCUT2D eigenvalue weighted by Crippen LogP contribution is -2.08. The molecule has 138 valence electrons. The molecule has 0 fully saturated rings. The number of hydrogen-bond donors (Lipinski definition) is 3. The summed E-state index contributed by atoms with van der Waals surface area (Å²) >= 11 is 0. The van der Waals surface area contributed by atoms with Gasteiger partial charge in [0.2, 0.25) is 5.82 Å². The van der Waals surface area contributed by atoms with Crippen LogP contribution in [0.5, 0.6) is 0 Å². The van der Waals surface area contributed by atoms with Crippen molar-refractivity contribution >= 4 is 23.1 Å². The van der Waals surface area contributed by atoms with Crippen LogP contribution >= 0.6 is 0 Å². The number of furan rings is 1. The van der Waals surface area contributed by atoms with Gasteiger partial charge in [-0.3, -0.25) is 0 Å². The molecule has 3 aromatic heterocycles. The SMILES string of the molecule is Nc1ccc(CCCNc2cc(N)n3nc(-c4ccco4)nc3n2)c(F)c1. The second kappa shape index (κ2) is 6.94. The normalized spacial score (nSPS) is 11.1. The van der Waals surface area contributed by atoms with E-state index in [1.165, 1.54) is 10.6 Å². The third-order valence-electron chi connectivity index (χ3n) is 4.09. The summed E-state index contributed by atoms with van der Waals surface area (Å²) in [7, 11) is 0. The smallest absolute Gasteiger partial charge is 0.256 e. The Morgan fingerprint density at radius 1 is 1.15 bits per heavy atom. The van der Waals surface area contributed by atoms with Crippen LogP contribution in [0, 0.1) is 5.82 Å². The lowest BCUT2D eigenvalue weighted by atomic mass is 10.1. The average molecular weight is 367 g/mol. The van der Waals surface area contributed by atoms with Gasteiger partial charge in [0, 0.05) is 18.3 Å². The first-order chi connectivity index (χ1) is 13.1. The topological polar surface area (TPSA) is 120 Å². The van der Waals surface area contributed by atoms with Crippen molar-refractivity contribution in [3.8, 4) is 11.6 Å². The van der Waals surface area contributed by atoms with Crippen molar-refractivity contribution in [1.82, 2.24) is 19.6 Å². The zero-order valence-electron chi connectivity index (χ0n) is 14.4. The Kier molecular flexibility index (Phi) is 4.33. The highest BCUT2D eigenvalue weighted by Crippen LogP contribution is 2.19. The highest BCUT2D eigenvalue weighted by Gasteiger charge is 2.12. The Bertz CT molecular complexity index is 1070. The molecule has 5 N–H and O–H groups in total. The number of rotatable bonds is 6. The molecule has 27 heavy (non-hydrogen) atoms. The molecule has 0 aliphatic carbocycles. The van der Waals surface area contributed by atoms with Crippen molar-refractivity contribution in [3.63, 3.8) is 0 Å². The van der Waals surface area contributed by atoms with Gasteiger partial charge in [0.15, 0.2) is 5.76 Å². The molecule has 0 saturated heterocycles. The molecule has 3 heterocycles. The van der Waals surface area contributed by atoms with Gasteiger partial charge in [-0.2, -0.15) is 14.5 Å². The maximum Gasteiger partial charge on any atom is 0.256 e. The molecule has 4 aromatic rings. The fraction of sp³-hybridized carbons (Fsp3) is 0.167. The number of anilines is 3. The Morgan fingerprint density at radius 2 is 2.04 bits per heavy atom. The van der Waals surface area contributed by atoms with E-state index in [0.29, 0.717) is 53.2 Å². The molecule has 0 radical (unpaired) electrons. The molecule has 0 bridgehead atoms. The van der Waals surface area contributed by atoms with Gasteiger partial charge in [0.25, 0.3) is 5.78 Å². The molecule has 9 heteroatoms. The Hall–Kier alpha value is -3.62. The van der Waals surface area contributed by atoms with E-state index in [2.05, 4.69) is 20.4 Å². The predicted octanol–water partition coefficient (Wildman–Crippen LogP) is 2.73. The van der Waals surface area contributed by atoms with Gasteiger partial charge >= 0.3 is 0 Å². The maximum absolute atomic E-state index is 13.8. The zero-order valence-corrected chi connectivity index (χ0v) is 14.4. The van der Waals surface area contributed by atoms with Crippen molar-refractivity contribution in [1.29, 1.82) is 0 Å². The second-order valence-corrected chi connectivity index (χ2v) is 6.07. The minimum Gasteiger partial charge on any atom is -0.461 e. The van der Waals surface area contributed by atoms with Crippen molar-refractivity contribution in [3.05, 3.63) is 54.0 Å². The molecule has 0 aliphatic rings. The number of aryl methyl sites for hydroxylation is 1. The van der Waals surface area contributed by atoms with E-state index >= 15 is 0 Å². The summed E-state index contributed by atoms with van der Waals surface area (Å²) in [5.74, 6) is 2.02. The summed E-state index contributed by atoms with van der Waals surface area (Å²) in [6, 6.07) is 9.94.